The number of carbonyl (C=O) groups is 2. The van der Waals surface area contributed by atoms with Gasteiger partial charge in [-0.2, -0.15) is 0 Å². The molecule has 0 radical (unpaired) electrons. The number of anilines is 1. The molecule has 35 heavy (non-hydrogen) atoms. The van der Waals surface area contributed by atoms with Gasteiger partial charge in [-0.1, -0.05) is 38.7 Å². The van der Waals surface area contributed by atoms with E-state index in [1.807, 2.05) is 4.90 Å². The predicted octanol–water partition coefficient (Wildman–Crippen LogP) is 3.08. The van der Waals surface area contributed by atoms with Gasteiger partial charge < -0.3 is 14.7 Å². The van der Waals surface area contributed by atoms with Gasteiger partial charge in [-0.15, -0.1) is 0 Å². The van der Waals surface area contributed by atoms with Crippen LogP contribution in [0.25, 0.3) is 10.9 Å². The molecule has 1 aromatic heterocycles. The second kappa shape index (κ2) is 11.7. The van der Waals surface area contributed by atoms with Crippen LogP contribution in [0.2, 0.25) is 0 Å². The van der Waals surface area contributed by atoms with Gasteiger partial charge in [0.25, 0.3) is 5.56 Å². The molecule has 9 heteroatoms. The van der Waals surface area contributed by atoms with Gasteiger partial charge in [0.05, 0.1) is 18.6 Å². The molecule has 1 atom stereocenters. The largest absolute Gasteiger partial charge is 0.491 e. The Bertz CT molecular complexity index is 1110. The summed E-state index contributed by atoms with van der Waals surface area (Å²) in [5, 5.41) is 12.6. The third-order valence-electron chi connectivity index (χ3n) is 7.13. The van der Waals surface area contributed by atoms with E-state index in [-0.39, 0.29) is 42.5 Å². The van der Waals surface area contributed by atoms with Crippen LogP contribution < -0.4 is 15.6 Å². The van der Waals surface area contributed by atoms with Gasteiger partial charge in [-0.25, -0.2) is 4.98 Å². The second-order valence-corrected chi connectivity index (χ2v) is 9.54. The van der Waals surface area contributed by atoms with Gasteiger partial charge in [-0.05, 0) is 43.7 Å². The first-order valence-corrected chi connectivity index (χ1v) is 12.9. The molecule has 2 N–H and O–H groups in total. The normalized spacial score (nSPS) is 16.7. The minimum atomic E-state index is -0.284. The maximum atomic E-state index is 13.2. The number of carbonyl (C=O) groups excluding carboxylic acids is 2. The number of nitrogens with zero attached hydrogens (tertiary/aromatic N) is 3. The predicted molar refractivity (Wildman–Crippen MR) is 133 cm³/mol. The van der Waals surface area contributed by atoms with Crippen LogP contribution in [0.15, 0.2) is 23.0 Å². The van der Waals surface area contributed by atoms with Crippen LogP contribution in [0, 0.1) is 5.92 Å². The van der Waals surface area contributed by atoms with Crippen molar-refractivity contribution in [2.75, 3.05) is 25.1 Å². The number of ether oxygens (including phenoxy) is 1. The maximum Gasteiger partial charge on any atom is 0.263 e. The Hall–Kier alpha value is -2.94. The minimum absolute atomic E-state index is 0.0332. The third kappa shape index (κ3) is 5.66. The smallest absolute Gasteiger partial charge is 0.263 e. The van der Waals surface area contributed by atoms with Crippen LogP contribution in [0.5, 0.6) is 5.75 Å². The number of fused-ring (bicyclic) bond motifs is 2. The van der Waals surface area contributed by atoms with Crippen molar-refractivity contribution >= 4 is 28.7 Å². The Labute approximate surface area is 205 Å². The number of nitrogens with one attached hydrogen (secondary N) is 1. The highest BCUT2D eigenvalue weighted by Gasteiger charge is 2.30. The van der Waals surface area contributed by atoms with Crippen LogP contribution in [0.3, 0.4) is 0 Å². The Morgan fingerprint density at radius 2 is 2.09 bits per heavy atom. The fraction of sp³-hybridized carbons (Fsp3) is 0.615. The van der Waals surface area contributed by atoms with E-state index in [1.54, 1.807) is 18.2 Å². The second-order valence-electron chi connectivity index (χ2n) is 9.54. The number of rotatable bonds is 11. The molecular weight excluding hydrogens is 448 g/mol. The molecule has 1 unspecified atom stereocenters. The van der Waals surface area contributed by atoms with Crippen molar-refractivity contribution in [2.24, 2.45) is 5.92 Å². The molecule has 2 aromatic rings. The maximum absolute atomic E-state index is 13.2. The number of amides is 2. The van der Waals surface area contributed by atoms with Crippen LogP contribution in [-0.4, -0.2) is 57.2 Å². The zero-order chi connectivity index (χ0) is 24.8. The summed E-state index contributed by atoms with van der Waals surface area (Å²) in [6.07, 6.45) is 8.84. The number of hydrogen-bond acceptors (Lipinski definition) is 6. The highest BCUT2D eigenvalue weighted by Crippen LogP contribution is 2.32. The van der Waals surface area contributed by atoms with E-state index in [4.69, 9.17) is 4.74 Å². The molecular formula is C26H36N4O5. The average Bonchev–Trinajstić information content (AvgIpc) is 3.25. The highest BCUT2D eigenvalue weighted by atomic mass is 16.5. The lowest BCUT2D eigenvalue weighted by molar-refractivity contribution is -0.136. The minimum Gasteiger partial charge on any atom is -0.491 e. The topological polar surface area (TPSA) is 114 Å². The Kier molecular flexibility index (Phi) is 8.38. The molecule has 0 saturated heterocycles. The van der Waals surface area contributed by atoms with Crippen molar-refractivity contribution in [3.63, 3.8) is 0 Å². The molecule has 1 aromatic carbocycles. The fourth-order valence-electron chi connectivity index (χ4n) is 5.48. The molecule has 4 rings (SSSR count). The van der Waals surface area contributed by atoms with E-state index >= 15 is 0 Å². The molecule has 0 bridgehead atoms. The first kappa shape index (κ1) is 25.2. The van der Waals surface area contributed by atoms with Crippen LogP contribution in [-0.2, 0) is 16.1 Å². The van der Waals surface area contributed by atoms with Gasteiger partial charge in [0.15, 0.2) is 0 Å². The van der Waals surface area contributed by atoms with Gasteiger partial charge >= 0.3 is 0 Å². The lowest BCUT2D eigenvalue weighted by Gasteiger charge is -2.39. The van der Waals surface area contributed by atoms with E-state index in [0.29, 0.717) is 48.6 Å². The third-order valence-corrected chi connectivity index (χ3v) is 7.13. The molecule has 1 fully saturated rings. The number of hydrogen-bond donors (Lipinski definition) is 2. The summed E-state index contributed by atoms with van der Waals surface area (Å²) in [5.74, 6) is 0.978. The van der Waals surface area contributed by atoms with Crippen molar-refractivity contribution in [3.8, 4) is 5.75 Å². The first-order chi connectivity index (χ1) is 17.0. The summed E-state index contributed by atoms with van der Waals surface area (Å²) in [4.78, 5) is 43.9. The summed E-state index contributed by atoms with van der Waals surface area (Å²) in [7, 11) is 0. The summed E-state index contributed by atoms with van der Waals surface area (Å²) >= 11 is 0. The Morgan fingerprint density at radius 1 is 1.29 bits per heavy atom. The zero-order valence-electron chi connectivity index (χ0n) is 20.5. The number of aromatic nitrogens is 2. The molecule has 1 aliphatic carbocycles. The number of para-hydroxylation sites is 1. The van der Waals surface area contributed by atoms with Crippen LogP contribution >= 0.6 is 0 Å². The van der Waals surface area contributed by atoms with Crippen molar-refractivity contribution in [3.05, 3.63) is 28.6 Å². The lowest BCUT2D eigenvalue weighted by atomic mass is 9.81. The summed E-state index contributed by atoms with van der Waals surface area (Å²) in [5.41, 5.74) is 0.118. The van der Waals surface area contributed by atoms with Crippen molar-refractivity contribution in [2.45, 2.75) is 77.3 Å². The van der Waals surface area contributed by atoms with E-state index in [9.17, 15) is 19.5 Å². The van der Waals surface area contributed by atoms with Crippen molar-refractivity contribution < 1.29 is 19.4 Å². The highest BCUT2D eigenvalue weighted by molar-refractivity contribution is 5.95. The lowest BCUT2D eigenvalue weighted by Crippen LogP contribution is -2.46. The average molecular weight is 485 g/mol. The summed E-state index contributed by atoms with van der Waals surface area (Å²) in [6, 6.07) is 5.32. The van der Waals surface area contributed by atoms with E-state index in [1.165, 1.54) is 23.8 Å². The van der Waals surface area contributed by atoms with Crippen molar-refractivity contribution in [1.29, 1.82) is 0 Å². The number of benzene rings is 1. The number of aliphatic hydroxyl groups is 1. The van der Waals surface area contributed by atoms with Gasteiger partial charge in [0, 0.05) is 19.0 Å². The molecule has 190 valence electrons. The first-order valence-electron chi connectivity index (χ1n) is 12.9. The number of aliphatic hydroxyl groups excluding tert-OH is 1. The quantitative estimate of drug-likeness (QED) is 0.474. The van der Waals surface area contributed by atoms with E-state index < -0.39 is 0 Å². The molecule has 2 amide bonds. The van der Waals surface area contributed by atoms with Gasteiger partial charge in [0.1, 0.15) is 17.8 Å². The Balaban J connectivity index is 1.39. The molecule has 2 heterocycles. The molecule has 1 aliphatic heterocycles. The zero-order valence-corrected chi connectivity index (χ0v) is 20.5. The van der Waals surface area contributed by atoms with Crippen LogP contribution in [0.4, 0.5) is 5.95 Å². The molecule has 2 aliphatic rings. The Morgan fingerprint density at radius 3 is 2.83 bits per heavy atom. The standard InChI is InChI=1S/C26H36N4O5/c1-2-8-20(18-9-4-3-5-10-18)29(14-15-31)23(33)13-7-16-35-21-12-6-11-19-24(21)28-26-27-22(32)17-30(26)25(19)34/h6,11-12,18,20,31H,2-5,7-10,13-17H2,1H3,(H,27,28,32). The molecule has 9 nitrogen and oxygen atoms in total. The summed E-state index contributed by atoms with van der Waals surface area (Å²) in [6.45, 7) is 2.75. The molecule has 1 saturated carbocycles. The van der Waals surface area contributed by atoms with E-state index in [0.717, 1.165) is 25.7 Å². The fourth-order valence-corrected chi connectivity index (χ4v) is 5.48. The summed E-state index contributed by atoms with van der Waals surface area (Å²) < 4.78 is 7.25. The SMILES string of the molecule is CCCC(C1CCCCC1)N(CCO)C(=O)CCCOc1cccc2c(=O)n3c(nc12)NC(=O)C3. The van der Waals surface area contributed by atoms with Crippen LogP contribution in [0.1, 0.15) is 64.7 Å². The monoisotopic (exact) mass is 484 g/mol. The van der Waals surface area contributed by atoms with E-state index in [2.05, 4.69) is 17.2 Å². The van der Waals surface area contributed by atoms with Gasteiger partial charge in [-0.3, -0.25) is 24.3 Å². The van der Waals surface area contributed by atoms with Crippen molar-refractivity contribution in [1.82, 2.24) is 14.5 Å². The molecule has 0 spiro atoms. The van der Waals surface area contributed by atoms with Gasteiger partial charge in [0.2, 0.25) is 17.8 Å².